The van der Waals surface area contributed by atoms with E-state index in [-0.39, 0.29) is 0 Å². The van der Waals surface area contributed by atoms with Crippen molar-refractivity contribution in [2.45, 2.75) is 26.7 Å². The third-order valence-electron chi connectivity index (χ3n) is 3.74. The largest absolute Gasteiger partial charge is 0.382 e. The Bertz CT molecular complexity index is 804. The lowest BCUT2D eigenvalue weighted by Crippen LogP contribution is -2.02. The number of hydrogen-bond donors (Lipinski definition) is 1. The van der Waals surface area contributed by atoms with E-state index in [0.29, 0.717) is 5.82 Å². The molecular formula is C16H19N5. The van der Waals surface area contributed by atoms with Crippen molar-refractivity contribution < 1.29 is 0 Å². The molecule has 0 saturated carbocycles. The number of nitrogen functional groups attached to an aromatic ring is 1. The highest BCUT2D eigenvalue weighted by atomic mass is 15.3. The number of fused-ring (bicyclic) bond motifs is 1. The van der Waals surface area contributed by atoms with Crippen LogP contribution in [0.25, 0.3) is 22.3 Å². The second kappa shape index (κ2) is 5.16. The van der Waals surface area contributed by atoms with Crippen LogP contribution in [0.1, 0.15) is 25.2 Å². The lowest BCUT2D eigenvalue weighted by molar-refractivity contribution is 0.705. The van der Waals surface area contributed by atoms with Crippen molar-refractivity contribution in [1.82, 2.24) is 19.7 Å². The normalized spacial score (nSPS) is 11.2. The number of para-hydroxylation sites is 2. The molecule has 0 radical (unpaired) electrons. The minimum Gasteiger partial charge on any atom is -0.382 e. The van der Waals surface area contributed by atoms with Crippen LogP contribution in [0.4, 0.5) is 5.82 Å². The molecule has 21 heavy (non-hydrogen) atoms. The van der Waals surface area contributed by atoms with Crippen LogP contribution in [-0.2, 0) is 19.9 Å². The summed E-state index contributed by atoms with van der Waals surface area (Å²) in [6.45, 7) is 4.21. The fourth-order valence-corrected chi connectivity index (χ4v) is 2.74. The van der Waals surface area contributed by atoms with Crippen molar-refractivity contribution in [2.24, 2.45) is 7.05 Å². The molecule has 3 rings (SSSR count). The average Bonchev–Trinajstić information content (AvgIpc) is 2.82. The third kappa shape index (κ3) is 2.14. The van der Waals surface area contributed by atoms with E-state index >= 15 is 0 Å². The summed E-state index contributed by atoms with van der Waals surface area (Å²) in [5.74, 6) is 0.464. The summed E-state index contributed by atoms with van der Waals surface area (Å²) in [6, 6.07) is 7.78. The van der Waals surface area contributed by atoms with Gasteiger partial charge in [-0.2, -0.15) is 5.10 Å². The lowest BCUT2D eigenvalue weighted by atomic mass is 10.1. The highest BCUT2D eigenvalue weighted by Gasteiger charge is 2.20. The van der Waals surface area contributed by atoms with Gasteiger partial charge in [0.05, 0.1) is 16.7 Å². The summed E-state index contributed by atoms with van der Waals surface area (Å²) in [7, 11) is 1.96. The minimum atomic E-state index is 0.464. The molecule has 0 amide bonds. The van der Waals surface area contributed by atoms with Gasteiger partial charge in [-0.3, -0.25) is 4.68 Å². The van der Waals surface area contributed by atoms with Gasteiger partial charge in [-0.1, -0.05) is 26.0 Å². The van der Waals surface area contributed by atoms with Crippen molar-refractivity contribution in [3.8, 4) is 11.3 Å². The topological polar surface area (TPSA) is 69.6 Å². The van der Waals surface area contributed by atoms with Crippen molar-refractivity contribution >= 4 is 16.9 Å². The maximum Gasteiger partial charge on any atom is 0.150 e. The number of nitrogens with zero attached hydrogens (tertiary/aromatic N) is 4. The lowest BCUT2D eigenvalue weighted by Gasteiger charge is -2.08. The maximum absolute atomic E-state index is 6.16. The Morgan fingerprint density at radius 3 is 2.33 bits per heavy atom. The Kier molecular flexibility index (Phi) is 3.33. The first kappa shape index (κ1) is 13.5. The number of hydrogen-bond acceptors (Lipinski definition) is 4. The molecule has 5 nitrogen and oxygen atoms in total. The Hall–Kier alpha value is -2.43. The van der Waals surface area contributed by atoms with Gasteiger partial charge in [0.2, 0.25) is 0 Å². The standard InChI is InChI=1S/C16H19N5/c1-4-10-14(13(5-2)21(3)20-10)15-16(17)19-12-9-7-6-8-11(12)18-15/h6-9H,4-5H2,1-3H3,(H2,17,19). The van der Waals surface area contributed by atoms with E-state index in [2.05, 4.69) is 23.9 Å². The van der Waals surface area contributed by atoms with Crippen molar-refractivity contribution in [2.75, 3.05) is 5.73 Å². The number of anilines is 1. The van der Waals surface area contributed by atoms with Crippen LogP contribution in [0.3, 0.4) is 0 Å². The predicted molar refractivity (Wildman–Crippen MR) is 84.9 cm³/mol. The predicted octanol–water partition coefficient (Wildman–Crippen LogP) is 2.74. The first-order valence-electron chi connectivity index (χ1n) is 7.23. The second-order valence-electron chi connectivity index (χ2n) is 5.05. The van der Waals surface area contributed by atoms with E-state index in [4.69, 9.17) is 10.7 Å². The Balaban J connectivity index is 2.32. The number of benzene rings is 1. The Labute approximate surface area is 123 Å². The van der Waals surface area contributed by atoms with E-state index in [0.717, 1.165) is 46.5 Å². The van der Waals surface area contributed by atoms with Crippen molar-refractivity contribution in [3.63, 3.8) is 0 Å². The van der Waals surface area contributed by atoms with Crippen molar-refractivity contribution in [1.29, 1.82) is 0 Å². The molecule has 0 unspecified atom stereocenters. The summed E-state index contributed by atoms with van der Waals surface area (Å²) < 4.78 is 1.92. The average molecular weight is 281 g/mol. The van der Waals surface area contributed by atoms with Gasteiger partial charge in [-0.25, -0.2) is 9.97 Å². The molecule has 1 aromatic carbocycles. The molecule has 108 valence electrons. The summed E-state index contributed by atoms with van der Waals surface area (Å²) >= 11 is 0. The van der Waals surface area contributed by atoms with Crippen LogP contribution in [0.2, 0.25) is 0 Å². The molecular weight excluding hydrogens is 262 g/mol. The first-order valence-corrected chi connectivity index (χ1v) is 7.23. The van der Waals surface area contributed by atoms with Crippen LogP contribution >= 0.6 is 0 Å². The van der Waals surface area contributed by atoms with Gasteiger partial charge >= 0.3 is 0 Å². The van der Waals surface area contributed by atoms with Crippen LogP contribution in [-0.4, -0.2) is 19.7 Å². The van der Waals surface area contributed by atoms with Gasteiger partial charge in [-0.15, -0.1) is 0 Å². The smallest absolute Gasteiger partial charge is 0.150 e. The fraction of sp³-hybridized carbons (Fsp3) is 0.312. The van der Waals surface area contributed by atoms with Gasteiger partial charge in [0.1, 0.15) is 5.69 Å². The fourth-order valence-electron chi connectivity index (χ4n) is 2.74. The molecule has 0 aliphatic carbocycles. The second-order valence-corrected chi connectivity index (χ2v) is 5.05. The van der Waals surface area contributed by atoms with Crippen LogP contribution in [0, 0.1) is 0 Å². The Morgan fingerprint density at radius 1 is 1.05 bits per heavy atom. The molecule has 0 saturated heterocycles. The molecule has 0 spiro atoms. The van der Waals surface area contributed by atoms with Crippen molar-refractivity contribution in [3.05, 3.63) is 35.7 Å². The zero-order valence-electron chi connectivity index (χ0n) is 12.6. The molecule has 5 heteroatoms. The quantitative estimate of drug-likeness (QED) is 0.801. The number of nitrogens with two attached hydrogens (primary N) is 1. The summed E-state index contributed by atoms with van der Waals surface area (Å²) in [6.07, 6.45) is 1.73. The van der Waals surface area contributed by atoms with E-state index < -0.39 is 0 Å². The molecule has 0 aliphatic heterocycles. The summed E-state index contributed by atoms with van der Waals surface area (Å²) in [5.41, 5.74) is 11.8. The maximum atomic E-state index is 6.16. The molecule has 0 bridgehead atoms. The van der Waals surface area contributed by atoms with Gasteiger partial charge in [0.25, 0.3) is 0 Å². The molecule has 3 aromatic rings. The number of aromatic nitrogens is 4. The molecule has 2 aromatic heterocycles. The molecule has 2 heterocycles. The highest BCUT2D eigenvalue weighted by Crippen LogP contribution is 2.31. The summed E-state index contributed by atoms with van der Waals surface area (Å²) in [5, 5.41) is 4.59. The molecule has 2 N–H and O–H groups in total. The SMILES string of the molecule is CCc1nn(C)c(CC)c1-c1nc2ccccc2nc1N. The third-order valence-corrected chi connectivity index (χ3v) is 3.74. The minimum absolute atomic E-state index is 0.464. The van der Waals surface area contributed by atoms with E-state index in [1.165, 1.54) is 0 Å². The summed E-state index contributed by atoms with van der Waals surface area (Å²) in [4.78, 5) is 9.23. The number of aryl methyl sites for hydroxylation is 2. The molecule has 0 aliphatic rings. The first-order chi connectivity index (χ1) is 10.2. The Morgan fingerprint density at radius 2 is 1.71 bits per heavy atom. The van der Waals surface area contributed by atoms with Gasteiger partial charge in [0.15, 0.2) is 5.82 Å². The van der Waals surface area contributed by atoms with Crippen LogP contribution < -0.4 is 5.73 Å². The van der Waals surface area contributed by atoms with E-state index in [1.54, 1.807) is 0 Å². The van der Waals surface area contributed by atoms with Gasteiger partial charge in [-0.05, 0) is 25.0 Å². The van der Waals surface area contributed by atoms with Crippen LogP contribution in [0.15, 0.2) is 24.3 Å². The van der Waals surface area contributed by atoms with Crippen LogP contribution in [0.5, 0.6) is 0 Å². The molecule has 0 fully saturated rings. The highest BCUT2D eigenvalue weighted by molar-refractivity contribution is 5.83. The van der Waals surface area contributed by atoms with Gasteiger partial charge in [0, 0.05) is 18.3 Å². The van der Waals surface area contributed by atoms with Gasteiger partial charge < -0.3 is 5.73 Å². The monoisotopic (exact) mass is 281 g/mol. The molecule has 0 atom stereocenters. The van der Waals surface area contributed by atoms with E-state index in [9.17, 15) is 0 Å². The zero-order valence-corrected chi connectivity index (χ0v) is 12.6. The van der Waals surface area contributed by atoms with E-state index in [1.807, 2.05) is 36.0 Å². The number of rotatable bonds is 3. The zero-order chi connectivity index (χ0) is 15.0.